The number of aryl methyl sites for hydroxylation is 1. The van der Waals surface area contributed by atoms with E-state index in [1.54, 1.807) is 0 Å². The summed E-state index contributed by atoms with van der Waals surface area (Å²) >= 11 is 0. The number of nitrogens with one attached hydrogen (secondary N) is 2. The molecule has 1 heterocycles. The van der Waals surface area contributed by atoms with E-state index in [-0.39, 0.29) is 5.91 Å². The van der Waals surface area contributed by atoms with E-state index in [1.165, 1.54) is 5.56 Å². The van der Waals surface area contributed by atoms with E-state index < -0.39 is 0 Å². The second-order valence-electron chi connectivity index (χ2n) is 4.71. The molecule has 1 fully saturated rings. The quantitative estimate of drug-likeness (QED) is 0.827. The molecule has 17 heavy (non-hydrogen) atoms. The number of rotatable bonds is 3. The fourth-order valence-electron chi connectivity index (χ4n) is 2.24. The molecule has 2 N–H and O–H groups in total. The molecule has 2 rings (SSSR count). The van der Waals surface area contributed by atoms with Crippen LogP contribution in [0.4, 0.5) is 0 Å². The van der Waals surface area contributed by atoms with Crippen molar-refractivity contribution < 1.29 is 4.79 Å². The van der Waals surface area contributed by atoms with E-state index in [0.717, 1.165) is 31.5 Å². The number of amides is 1. The van der Waals surface area contributed by atoms with Gasteiger partial charge in [0.05, 0.1) is 6.42 Å². The van der Waals surface area contributed by atoms with Gasteiger partial charge in [-0.1, -0.05) is 24.3 Å². The first-order valence-electron chi connectivity index (χ1n) is 6.30. The summed E-state index contributed by atoms with van der Waals surface area (Å²) in [7, 11) is 0. The zero-order valence-electron chi connectivity index (χ0n) is 10.3. The molecule has 0 spiro atoms. The minimum atomic E-state index is 0.132. The van der Waals surface area contributed by atoms with Gasteiger partial charge in [0.25, 0.3) is 0 Å². The number of carbonyl (C=O) groups excluding carboxylic acids is 1. The predicted molar refractivity (Wildman–Crippen MR) is 68.9 cm³/mol. The first-order valence-corrected chi connectivity index (χ1v) is 6.30. The van der Waals surface area contributed by atoms with Crippen molar-refractivity contribution >= 4 is 5.91 Å². The van der Waals surface area contributed by atoms with Crippen LogP contribution in [0, 0.1) is 6.92 Å². The fourth-order valence-corrected chi connectivity index (χ4v) is 2.24. The maximum absolute atomic E-state index is 11.9. The van der Waals surface area contributed by atoms with Gasteiger partial charge in [-0.2, -0.15) is 0 Å². The Morgan fingerprint density at radius 1 is 1.47 bits per heavy atom. The van der Waals surface area contributed by atoms with Crippen molar-refractivity contribution in [2.45, 2.75) is 32.2 Å². The molecule has 1 aromatic rings. The van der Waals surface area contributed by atoms with E-state index in [0.29, 0.717) is 12.5 Å². The molecular formula is C14H20N2O. The first-order chi connectivity index (χ1) is 8.25. The van der Waals surface area contributed by atoms with Crippen LogP contribution in [0.1, 0.15) is 24.0 Å². The van der Waals surface area contributed by atoms with Crippen LogP contribution in [0.15, 0.2) is 24.3 Å². The Morgan fingerprint density at radius 2 is 2.29 bits per heavy atom. The molecule has 0 aromatic heterocycles. The minimum Gasteiger partial charge on any atom is -0.352 e. The standard InChI is InChI=1S/C14H20N2O/c1-11-5-2-3-6-12(11)9-14(17)16-13-7-4-8-15-10-13/h2-3,5-6,13,15H,4,7-10H2,1H3,(H,16,17)/t13-/m0/s1. The summed E-state index contributed by atoms with van der Waals surface area (Å²) in [5, 5.41) is 6.39. The Kier molecular flexibility index (Phi) is 4.15. The van der Waals surface area contributed by atoms with Crippen LogP contribution in [0.25, 0.3) is 0 Å². The molecule has 1 amide bonds. The Labute approximate surface area is 103 Å². The van der Waals surface area contributed by atoms with E-state index >= 15 is 0 Å². The van der Waals surface area contributed by atoms with Crippen molar-refractivity contribution in [3.05, 3.63) is 35.4 Å². The molecule has 0 bridgehead atoms. The maximum atomic E-state index is 11.9. The smallest absolute Gasteiger partial charge is 0.224 e. The number of piperidine rings is 1. The lowest BCUT2D eigenvalue weighted by Crippen LogP contribution is -2.46. The Morgan fingerprint density at radius 3 is 3.00 bits per heavy atom. The molecule has 1 atom stereocenters. The van der Waals surface area contributed by atoms with Crippen molar-refractivity contribution in [2.24, 2.45) is 0 Å². The van der Waals surface area contributed by atoms with Gasteiger partial charge in [-0.3, -0.25) is 4.79 Å². The molecular weight excluding hydrogens is 212 g/mol. The van der Waals surface area contributed by atoms with Gasteiger partial charge in [-0.25, -0.2) is 0 Å². The maximum Gasteiger partial charge on any atom is 0.224 e. The number of hydrogen-bond acceptors (Lipinski definition) is 2. The molecule has 3 nitrogen and oxygen atoms in total. The summed E-state index contributed by atoms with van der Waals surface area (Å²) in [6.07, 6.45) is 2.73. The largest absolute Gasteiger partial charge is 0.352 e. The SMILES string of the molecule is Cc1ccccc1CC(=O)N[C@H]1CCCNC1. The highest BCUT2D eigenvalue weighted by atomic mass is 16.1. The van der Waals surface area contributed by atoms with Gasteiger partial charge < -0.3 is 10.6 Å². The Balaban J connectivity index is 1.86. The number of hydrogen-bond donors (Lipinski definition) is 2. The van der Waals surface area contributed by atoms with Gasteiger partial charge in [-0.05, 0) is 37.4 Å². The summed E-state index contributed by atoms with van der Waals surface area (Å²) in [4.78, 5) is 11.9. The fraction of sp³-hybridized carbons (Fsp3) is 0.500. The van der Waals surface area contributed by atoms with Gasteiger partial charge >= 0.3 is 0 Å². The number of carbonyl (C=O) groups is 1. The summed E-state index contributed by atoms with van der Waals surface area (Å²) in [6.45, 7) is 4.02. The van der Waals surface area contributed by atoms with E-state index in [1.807, 2.05) is 31.2 Å². The van der Waals surface area contributed by atoms with Crippen molar-refractivity contribution in [1.29, 1.82) is 0 Å². The number of benzene rings is 1. The summed E-state index contributed by atoms with van der Waals surface area (Å²) < 4.78 is 0. The Hall–Kier alpha value is -1.35. The van der Waals surface area contributed by atoms with Gasteiger partial charge in [0, 0.05) is 12.6 Å². The lowest BCUT2D eigenvalue weighted by atomic mass is 10.0. The van der Waals surface area contributed by atoms with Crippen LogP contribution in [0.5, 0.6) is 0 Å². The van der Waals surface area contributed by atoms with Gasteiger partial charge in [0.1, 0.15) is 0 Å². The van der Waals surface area contributed by atoms with E-state index in [4.69, 9.17) is 0 Å². The highest BCUT2D eigenvalue weighted by Crippen LogP contribution is 2.08. The van der Waals surface area contributed by atoms with Crippen molar-refractivity contribution in [3.63, 3.8) is 0 Å². The second kappa shape index (κ2) is 5.82. The Bertz CT molecular complexity index is 384. The predicted octanol–water partition coefficient (Wildman–Crippen LogP) is 1.41. The second-order valence-corrected chi connectivity index (χ2v) is 4.71. The minimum absolute atomic E-state index is 0.132. The average Bonchev–Trinajstić information content (AvgIpc) is 2.33. The lowest BCUT2D eigenvalue weighted by Gasteiger charge is -2.23. The van der Waals surface area contributed by atoms with Crippen LogP contribution in [0.2, 0.25) is 0 Å². The molecule has 0 aliphatic carbocycles. The lowest BCUT2D eigenvalue weighted by molar-refractivity contribution is -0.121. The first kappa shape index (κ1) is 12.1. The van der Waals surface area contributed by atoms with Crippen LogP contribution < -0.4 is 10.6 Å². The van der Waals surface area contributed by atoms with Crippen LogP contribution in [0.3, 0.4) is 0 Å². The zero-order valence-corrected chi connectivity index (χ0v) is 10.3. The molecule has 3 heteroatoms. The van der Waals surface area contributed by atoms with Crippen LogP contribution in [-0.2, 0) is 11.2 Å². The van der Waals surface area contributed by atoms with Crippen molar-refractivity contribution in [3.8, 4) is 0 Å². The van der Waals surface area contributed by atoms with E-state index in [2.05, 4.69) is 10.6 Å². The normalized spacial score (nSPS) is 19.9. The summed E-state index contributed by atoms with van der Waals surface area (Å²) in [5.41, 5.74) is 2.30. The van der Waals surface area contributed by atoms with Crippen LogP contribution >= 0.6 is 0 Å². The average molecular weight is 232 g/mol. The summed E-state index contributed by atoms with van der Waals surface area (Å²) in [5.74, 6) is 0.132. The molecule has 1 aromatic carbocycles. The third-order valence-electron chi connectivity index (χ3n) is 3.27. The van der Waals surface area contributed by atoms with Gasteiger partial charge in [0.15, 0.2) is 0 Å². The van der Waals surface area contributed by atoms with Crippen LogP contribution in [-0.4, -0.2) is 25.0 Å². The topological polar surface area (TPSA) is 41.1 Å². The van der Waals surface area contributed by atoms with E-state index in [9.17, 15) is 4.79 Å². The van der Waals surface area contributed by atoms with Crippen molar-refractivity contribution in [1.82, 2.24) is 10.6 Å². The monoisotopic (exact) mass is 232 g/mol. The molecule has 1 aliphatic rings. The molecule has 0 radical (unpaired) electrons. The molecule has 1 aliphatic heterocycles. The highest BCUT2D eigenvalue weighted by Gasteiger charge is 2.15. The molecule has 92 valence electrons. The van der Waals surface area contributed by atoms with Gasteiger partial charge in [0.2, 0.25) is 5.91 Å². The summed E-state index contributed by atoms with van der Waals surface area (Å²) in [6, 6.07) is 8.36. The zero-order chi connectivity index (χ0) is 12.1. The molecule has 0 saturated carbocycles. The highest BCUT2D eigenvalue weighted by molar-refractivity contribution is 5.79. The third-order valence-corrected chi connectivity index (χ3v) is 3.27. The molecule has 0 unspecified atom stereocenters. The molecule has 1 saturated heterocycles. The van der Waals surface area contributed by atoms with Crippen molar-refractivity contribution in [2.75, 3.05) is 13.1 Å². The van der Waals surface area contributed by atoms with Gasteiger partial charge in [-0.15, -0.1) is 0 Å². The third kappa shape index (κ3) is 3.56.